The predicted octanol–water partition coefficient (Wildman–Crippen LogP) is 1.62. The lowest BCUT2D eigenvalue weighted by molar-refractivity contribution is -0.123. The molecule has 0 atom stereocenters. The van der Waals surface area contributed by atoms with Crippen molar-refractivity contribution in [2.75, 3.05) is 30.3 Å². The number of nitrogens with zero attached hydrogens (tertiary/aromatic N) is 1. The van der Waals surface area contributed by atoms with E-state index in [0.717, 1.165) is 0 Å². The van der Waals surface area contributed by atoms with Crippen LogP contribution in [-0.4, -0.2) is 40.3 Å². The van der Waals surface area contributed by atoms with Gasteiger partial charge in [0.05, 0.1) is 11.9 Å². The minimum Gasteiger partial charge on any atom is -0.484 e. The van der Waals surface area contributed by atoms with Crippen molar-refractivity contribution in [3.8, 4) is 5.75 Å². The highest BCUT2D eigenvalue weighted by atomic mass is 32.2. The van der Waals surface area contributed by atoms with Gasteiger partial charge in [-0.2, -0.15) is 0 Å². The Morgan fingerprint density at radius 3 is 2.32 bits per heavy atom. The number of amides is 1. The molecule has 0 aliphatic rings. The Hall–Kier alpha value is -1.76. The van der Waals surface area contributed by atoms with Crippen LogP contribution in [0.2, 0.25) is 0 Å². The van der Waals surface area contributed by atoms with Crippen molar-refractivity contribution in [1.82, 2.24) is 5.32 Å². The fourth-order valence-electron chi connectivity index (χ4n) is 1.84. The molecule has 1 N–H and O–H groups in total. The van der Waals surface area contributed by atoms with Crippen LogP contribution in [0.1, 0.15) is 20.8 Å². The summed E-state index contributed by atoms with van der Waals surface area (Å²) >= 11 is 0. The fraction of sp³-hybridized carbons (Fsp3) is 0.533. The van der Waals surface area contributed by atoms with E-state index in [9.17, 15) is 13.2 Å². The largest absolute Gasteiger partial charge is 0.484 e. The second kappa shape index (κ2) is 8.03. The smallest absolute Gasteiger partial charge is 0.257 e. The lowest BCUT2D eigenvalue weighted by atomic mass is 10.2. The average molecular weight is 328 g/mol. The molecule has 0 unspecified atom stereocenters. The predicted molar refractivity (Wildman–Crippen MR) is 87.6 cm³/mol. The van der Waals surface area contributed by atoms with Crippen molar-refractivity contribution >= 4 is 21.6 Å². The van der Waals surface area contributed by atoms with E-state index in [1.165, 1.54) is 10.6 Å². The molecule has 6 nitrogen and oxygen atoms in total. The maximum atomic E-state index is 11.6. The number of hydrogen-bond acceptors (Lipinski definition) is 4. The summed E-state index contributed by atoms with van der Waals surface area (Å²) in [5.41, 5.74) is 0.571. The van der Waals surface area contributed by atoms with Gasteiger partial charge < -0.3 is 10.1 Å². The van der Waals surface area contributed by atoms with E-state index < -0.39 is 10.0 Å². The highest BCUT2D eigenvalue weighted by molar-refractivity contribution is 7.92. The van der Waals surface area contributed by atoms with Crippen LogP contribution in [0, 0.1) is 5.92 Å². The lowest BCUT2D eigenvalue weighted by Crippen LogP contribution is -2.31. The third-order valence-corrected chi connectivity index (χ3v) is 4.16. The second-order valence-corrected chi connectivity index (χ2v) is 7.32. The van der Waals surface area contributed by atoms with Gasteiger partial charge in [0.25, 0.3) is 5.91 Å². The maximum Gasteiger partial charge on any atom is 0.257 e. The van der Waals surface area contributed by atoms with E-state index >= 15 is 0 Å². The van der Waals surface area contributed by atoms with Gasteiger partial charge in [-0.05, 0) is 37.1 Å². The van der Waals surface area contributed by atoms with Crippen molar-refractivity contribution in [2.45, 2.75) is 20.8 Å². The maximum absolute atomic E-state index is 11.6. The van der Waals surface area contributed by atoms with E-state index in [1.807, 2.05) is 13.8 Å². The quantitative estimate of drug-likeness (QED) is 0.787. The Bertz CT molecular complexity index is 582. The number of carbonyl (C=O) groups is 1. The number of anilines is 1. The van der Waals surface area contributed by atoms with Crippen molar-refractivity contribution in [3.63, 3.8) is 0 Å². The fourth-order valence-corrected chi connectivity index (χ4v) is 2.81. The Morgan fingerprint density at radius 2 is 1.86 bits per heavy atom. The number of sulfonamides is 1. The summed E-state index contributed by atoms with van der Waals surface area (Å²) in [7, 11) is -3.29. The molecule has 0 radical (unpaired) electrons. The molecule has 0 saturated carbocycles. The van der Waals surface area contributed by atoms with Crippen molar-refractivity contribution in [3.05, 3.63) is 24.3 Å². The van der Waals surface area contributed by atoms with Crippen LogP contribution < -0.4 is 14.4 Å². The second-order valence-electron chi connectivity index (χ2n) is 5.41. The Morgan fingerprint density at radius 1 is 1.27 bits per heavy atom. The van der Waals surface area contributed by atoms with Gasteiger partial charge in [-0.15, -0.1) is 0 Å². The Balaban J connectivity index is 2.60. The number of ether oxygens (including phenoxy) is 1. The normalized spacial score (nSPS) is 11.3. The topological polar surface area (TPSA) is 75.7 Å². The first kappa shape index (κ1) is 18.3. The number of hydrogen-bond donors (Lipinski definition) is 1. The summed E-state index contributed by atoms with van der Waals surface area (Å²) in [5, 5.41) is 2.76. The molecule has 1 amide bonds. The highest BCUT2D eigenvalue weighted by Crippen LogP contribution is 2.21. The van der Waals surface area contributed by atoms with Crippen LogP contribution in [0.25, 0.3) is 0 Å². The van der Waals surface area contributed by atoms with E-state index in [2.05, 4.69) is 5.32 Å². The third kappa shape index (κ3) is 5.93. The Kier molecular flexibility index (Phi) is 6.67. The van der Waals surface area contributed by atoms with Crippen molar-refractivity contribution in [1.29, 1.82) is 0 Å². The summed E-state index contributed by atoms with van der Waals surface area (Å²) in [6.07, 6.45) is 1.17. The van der Waals surface area contributed by atoms with E-state index in [4.69, 9.17) is 4.74 Å². The molecule has 0 spiro atoms. The molecule has 0 fully saturated rings. The summed E-state index contributed by atoms with van der Waals surface area (Å²) < 4.78 is 29.9. The number of rotatable bonds is 8. The number of carbonyl (C=O) groups excluding carboxylic acids is 1. The average Bonchev–Trinajstić information content (AvgIpc) is 2.43. The molecule has 0 aromatic heterocycles. The molecule has 0 heterocycles. The molecule has 1 rings (SSSR count). The lowest BCUT2D eigenvalue weighted by Gasteiger charge is -2.20. The summed E-state index contributed by atoms with van der Waals surface area (Å²) in [6, 6.07) is 6.62. The molecule has 0 saturated heterocycles. The zero-order chi connectivity index (χ0) is 16.8. The molecule has 1 aromatic rings. The van der Waals surface area contributed by atoms with Crippen molar-refractivity contribution < 1.29 is 17.9 Å². The molecule has 22 heavy (non-hydrogen) atoms. The van der Waals surface area contributed by atoms with Gasteiger partial charge in [0.15, 0.2) is 6.61 Å². The van der Waals surface area contributed by atoms with Gasteiger partial charge in [-0.1, -0.05) is 13.8 Å². The van der Waals surface area contributed by atoms with Crippen LogP contribution in [0.4, 0.5) is 5.69 Å². The minimum absolute atomic E-state index is 0.0599. The van der Waals surface area contributed by atoms with E-state index in [-0.39, 0.29) is 12.5 Å². The van der Waals surface area contributed by atoms with Crippen LogP contribution in [0.5, 0.6) is 5.75 Å². The summed E-state index contributed by atoms with van der Waals surface area (Å²) in [5.74, 6) is 0.733. The molecule has 0 aliphatic heterocycles. The van der Waals surface area contributed by atoms with Gasteiger partial charge in [0.1, 0.15) is 5.75 Å². The van der Waals surface area contributed by atoms with Crippen LogP contribution in [0.3, 0.4) is 0 Å². The highest BCUT2D eigenvalue weighted by Gasteiger charge is 2.15. The summed E-state index contributed by atoms with van der Waals surface area (Å²) in [6.45, 7) is 6.71. The number of benzene rings is 1. The van der Waals surface area contributed by atoms with Crippen LogP contribution in [-0.2, 0) is 14.8 Å². The molecule has 0 bridgehead atoms. The van der Waals surface area contributed by atoms with Gasteiger partial charge in [0, 0.05) is 13.1 Å². The third-order valence-electron chi connectivity index (χ3n) is 2.89. The van der Waals surface area contributed by atoms with E-state index in [0.29, 0.717) is 30.4 Å². The first-order chi connectivity index (χ1) is 10.2. The zero-order valence-corrected chi connectivity index (χ0v) is 14.3. The molecule has 0 aliphatic carbocycles. The molecule has 1 aromatic carbocycles. The molecule has 124 valence electrons. The monoisotopic (exact) mass is 328 g/mol. The Labute approximate surface area is 132 Å². The van der Waals surface area contributed by atoms with Gasteiger partial charge in [-0.3, -0.25) is 9.10 Å². The van der Waals surface area contributed by atoms with Gasteiger partial charge in [0.2, 0.25) is 10.0 Å². The first-order valence-electron chi connectivity index (χ1n) is 7.21. The molecular weight excluding hydrogens is 304 g/mol. The SMILES string of the molecule is CCN(c1ccc(OCC(=O)NCC(C)C)cc1)S(C)(=O)=O. The van der Waals surface area contributed by atoms with Gasteiger partial charge in [-0.25, -0.2) is 8.42 Å². The summed E-state index contributed by atoms with van der Waals surface area (Å²) in [4.78, 5) is 11.6. The van der Waals surface area contributed by atoms with Crippen LogP contribution in [0.15, 0.2) is 24.3 Å². The molecular formula is C15H24N2O4S. The number of nitrogens with one attached hydrogen (secondary N) is 1. The minimum atomic E-state index is -3.29. The first-order valence-corrected chi connectivity index (χ1v) is 9.06. The van der Waals surface area contributed by atoms with E-state index in [1.54, 1.807) is 31.2 Å². The standard InChI is InChI=1S/C15H24N2O4S/c1-5-17(22(4,19)20)13-6-8-14(9-7-13)21-11-15(18)16-10-12(2)3/h6-9,12H,5,10-11H2,1-4H3,(H,16,18). The van der Waals surface area contributed by atoms with Gasteiger partial charge >= 0.3 is 0 Å². The molecule has 7 heteroatoms. The zero-order valence-electron chi connectivity index (χ0n) is 13.5. The van der Waals surface area contributed by atoms with Crippen molar-refractivity contribution in [2.24, 2.45) is 5.92 Å². The van der Waals surface area contributed by atoms with Crippen LogP contribution >= 0.6 is 0 Å².